The smallest absolute Gasteiger partial charge is 0.332 e. The van der Waals surface area contributed by atoms with Gasteiger partial charge in [0.15, 0.2) is 6.10 Å². The number of nitrogens with one attached hydrogen (secondary N) is 2. The Labute approximate surface area is 113 Å². The van der Waals surface area contributed by atoms with Crippen molar-refractivity contribution in [1.29, 1.82) is 0 Å². The first kappa shape index (κ1) is 15.6. The summed E-state index contributed by atoms with van der Waals surface area (Å²) < 4.78 is 0. The fourth-order valence-corrected chi connectivity index (χ4v) is 1.47. The predicted molar refractivity (Wildman–Crippen MR) is 64.7 cm³/mol. The minimum atomic E-state index is -1.64. The number of imidazole rings is 1. The number of carboxylic acid groups (broad SMARTS) is 2. The SMILES string of the molecule is O=C(CCC(O)C(=O)O)NC(Cc1cnc[nH]1)C(=O)O. The van der Waals surface area contributed by atoms with Crippen molar-refractivity contribution in [1.82, 2.24) is 15.3 Å². The number of carbonyl (C=O) groups is 3. The highest BCUT2D eigenvalue weighted by Gasteiger charge is 2.22. The molecule has 0 aromatic carbocycles. The molecule has 1 aromatic rings. The first-order chi connectivity index (χ1) is 9.40. The highest BCUT2D eigenvalue weighted by molar-refractivity contribution is 5.84. The third-order valence-corrected chi connectivity index (χ3v) is 2.54. The maximum absolute atomic E-state index is 11.5. The van der Waals surface area contributed by atoms with Crippen LogP contribution in [-0.4, -0.2) is 55.3 Å². The molecule has 0 aliphatic carbocycles. The average Bonchev–Trinajstić information content (AvgIpc) is 2.87. The topological polar surface area (TPSA) is 153 Å². The van der Waals surface area contributed by atoms with Gasteiger partial charge in [-0.3, -0.25) is 4.79 Å². The fraction of sp³-hybridized carbons (Fsp3) is 0.455. The van der Waals surface area contributed by atoms with Crippen molar-refractivity contribution in [2.45, 2.75) is 31.4 Å². The molecule has 1 amide bonds. The summed E-state index contributed by atoms with van der Waals surface area (Å²) >= 11 is 0. The van der Waals surface area contributed by atoms with Crippen LogP contribution >= 0.6 is 0 Å². The molecule has 0 radical (unpaired) electrons. The second-order valence-corrected chi connectivity index (χ2v) is 4.13. The molecule has 0 bridgehead atoms. The van der Waals surface area contributed by atoms with Gasteiger partial charge in [0.1, 0.15) is 6.04 Å². The highest BCUT2D eigenvalue weighted by atomic mass is 16.4. The average molecular weight is 285 g/mol. The molecule has 0 spiro atoms. The van der Waals surface area contributed by atoms with Gasteiger partial charge in [-0.25, -0.2) is 14.6 Å². The van der Waals surface area contributed by atoms with Gasteiger partial charge in [-0.15, -0.1) is 0 Å². The molecule has 5 N–H and O–H groups in total. The Balaban J connectivity index is 2.47. The van der Waals surface area contributed by atoms with E-state index >= 15 is 0 Å². The van der Waals surface area contributed by atoms with Crippen LogP contribution < -0.4 is 5.32 Å². The Kier molecular flexibility index (Phi) is 5.66. The number of H-pyrrole nitrogens is 1. The van der Waals surface area contributed by atoms with Gasteiger partial charge in [0.2, 0.25) is 5.91 Å². The van der Waals surface area contributed by atoms with E-state index in [2.05, 4.69) is 15.3 Å². The van der Waals surface area contributed by atoms with Gasteiger partial charge in [-0.05, 0) is 6.42 Å². The lowest BCUT2D eigenvalue weighted by Crippen LogP contribution is -2.42. The van der Waals surface area contributed by atoms with Gasteiger partial charge in [-0.1, -0.05) is 0 Å². The van der Waals surface area contributed by atoms with Crippen molar-refractivity contribution < 1.29 is 29.7 Å². The zero-order chi connectivity index (χ0) is 15.1. The van der Waals surface area contributed by atoms with E-state index in [0.29, 0.717) is 5.69 Å². The molecule has 2 unspecified atom stereocenters. The number of carboxylic acids is 2. The molecule has 1 heterocycles. The summed E-state index contributed by atoms with van der Waals surface area (Å²) in [6.07, 6.45) is 0.659. The van der Waals surface area contributed by atoms with Crippen molar-refractivity contribution in [3.8, 4) is 0 Å². The third kappa shape index (κ3) is 5.06. The molecule has 0 fully saturated rings. The van der Waals surface area contributed by atoms with Gasteiger partial charge >= 0.3 is 11.9 Å². The lowest BCUT2D eigenvalue weighted by atomic mass is 10.1. The van der Waals surface area contributed by atoms with Gasteiger partial charge < -0.3 is 25.6 Å². The number of hydrogen-bond acceptors (Lipinski definition) is 5. The van der Waals surface area contributed by atoms with Crippen LogP contribution in [0.15, 0.2) is 12.5 Å². The van der Waals surface area contributed by atoms with Crippen LogP contribution in [-0.2, 0) is 20.8 Å². The van der Waals surface area contributed by atoms with Crippen LogP contribution in [0.5, 0.6) is 0 Å². The summed E-state index contributed by atoms with van der Waals surface area (Å²) in [5.74, 6) is -3.28. The lowest BCUT2D eigenvalue weighted by molar-refractivity contribution is -0.147. The van der Waals surface area contributed by atoms with Crippen molar-refractivity contribution in [2.75, 3.05) is 0 Å². The van der Waals surface area contributed by atoms with Crippen LogP contribution in [0.3, 0.4) is 0 Å². The van der Waals surface area contributed by atoms with E-state index in [1.165, 1.54) is 12.5 Å². The Hall–Kier alpha value is -2.42. The minimum Gasteiger partial charge on any atom is -0.480 e. The zero-order valence-corrected chi connectivity index (χ0v) is 10.4. The van der Waals surface area contributed by atoms with E-state index < -0.39 is 30.0 Å². The summed E-state index contributed by atoms with van der Waals surface area (Å²) in [7, 11) is 0. The number of aliphatic carboxylic acids is 2. The summed E-state index contributed by atoms with van der Waals surface area (Å²) in [5, 5.41) is 28.7. The lowest BCUT2D eigenvalue weighted by Gasteiger charge is -2.14. The molecule has 1 aromatic heterocycles. The van der Waals surface area contributed by atoms with E-state index in [-0.39, 0.29) is 19.3 Å². The van der Waals surface area contributed by atoms with Crippen molar-refractivity contribution >= 4 is 17.8 Å². The predicted octanol–water partition coefficient (Wildman–Crippen LogP) is -1.25. The normalized spacial score (nSPS) is 13.4. The number of carbonyl (C=O) groups excluding carboxylic acids is 1. The number of hydrogen-bond donors (Lipinski definition) is 5. The quantitative estimate of drug-likeness (QED) is 0.400. The van der Waals surface area contributed by atoms with Crippen LogP contribution in [0.2, 0.25) is 0 Å². The maximum atomic E-state index is 11.5. The van der Waals surface area contributed by atoms with E-state index in [1.54, 1.807) is 0 Å². The number of rotatable bonds is 8. The largest absolute Gasteiger partial charge is 0.480 e. The molecule has 110 valence electrons. The van der Waals surface area contributed by atoms with Gasteiger partial charge in [-0.2, -0.15) is 0 Å². The second kappa shape index (κ2) is 7.24. The molecule has 20 heavy (non-hydrogen) atoms. The highest BCUT2D eigenvalue weighted by Crippen LogP contribution is 2.02. The Bertz CT molecular complexity index is 473. The number of aromatic nitrogens is 2. The van der Waals surface area contributed by atoms with E-state index in [1.807, 2.05) is 0 Å². The molecule has 9 heteroatoms. The second-order valence-electron chi connectivity index (χ2n) is 4.13. The van der Waals surface area contributed by atoms with Gasteiger partial charge in [0.05, 0.1) is 6.33 Å². The van der Waals surface area contributed by atoms with E-state index in [9.17, 15) is 14.4 Å². The number of amides is 1. The standard InChI is InChI=1S/C11H15N3O6/c15-8(11(19)20)1-2-9(16)14-7(10(17)18)3-6-4-12-5-13-6/h4-5,7-8,15H,1-3H2,(H,12,13)(H,14,16)(H,17,18)(H,19,20). The Morgan fingerprint density at radius 2 is 2.00 bits per heavy atom. The third-order valence-electron chi connectivity index (χ3n) is 2.54. The van der Waals surface area contributed by atoms with Gasteiger partial charge in [0.25, 0.3) is 0 Å². The molecule has 2 atom stereocenters. The molecule has 0 aliphatic heterocycles. The summed E-state index contributed by atoms with van der Waals surface area (Å²) in [4.78, 5) is 39.3. The molecule has 9 nitrogen and oxygen atoms in total. The summed E-state index contributed by atoms with van der Waals surface area (Å²) in [6.45, 7) is 0. The van der Waals surface area contributed by atoms with Crippen molar-refractivity contribution in [3.05, 3.63) is 18.2 Å². The van der Waals surface area contributed by atoms with Crippen LogP contribution in [0, 0.1) is 0 Å². The Morgan fingerprint density at radius 3 is 2.50 bits per heavy atom. The number of nitrogens with zero attached hydrogens (tertiary/aromatic N) is 1. The number of aliphatic hydroxyl groups is 1. The first-order valence-corrected chi connectivity index (χ1v) is 5.80. The van der Waals surface area contributed by atoms with Crippen molar-refractivity contribution in [2.24, 2.45) is 0 Å². The first-order valence-electron chi connectivity index (χ1n) is 5.80. The Morgan fingerprint density at radius 1 is 1.30 bits per heavy atom. The summed E-state index contributed by atoms with van der Waals surface area (Å²) in [5.41, 5.74) is 0.545. The fourth-order valence-electron chi connectivity index (χ4n) is 1.47. The molecular weight excluding hydrogens is 270 g/mol. The number of aliphatic hydroxyl groups excluding tert-OH is 1. The molecule has 0 aliphatic rings. The maximum Gasteiger partial charge on any atom is 0.332 e. The summed E-state index contributed by atoms with van der Waals surface area (Å²) in [6, 6.07) is -1.15. The molecular formula is C11H15N3O6. The van der Waals surface area contributed by atoms with Crippen molar-refractivity contribution in [3.63, 3.8) is 0 Å². The molecule has 0 saturated carbocycles. The van der Waals surface area contributed by atoms with Gasteiger partial charge in [0, 0.05) is 24.7 Å². The monoisotopic (exact) mass is 285 g/mol. The van der Waals surface area contributed by atoms with Crippen LogP contribution in [0.4, 0.5) is 0 Å². The van der Waals surface area contributed by atoms with E-state index in [4.69, 9.17) is 15.3 Å². The number of aromatic amines is 1. The molecule has 1 rings (SSSR count). The molecule has 0 saturated heterocycles. The van der Waals surface area contributed by atoms with E-state index in [0.717, 1.165) is 0 Å². The van der Waals surface area contributed by atoms with Crippen LogP contribution in [0.25, 0.3) is 0 Å². The zero-order valence-electron chi connectivity index (χ0n) is 10.4. The van der Waals surface area contributed by atoms with Crippen LogP contribution in [0.1, 0.15) is 18.5 Å². The minimum absolute atomic E-state index is 0.0303.